The number of likely N-dealkylation sites (tertiary alicyclic amines) is 1. The Balaban J connectivity index is 1.62. The maximum absolute atomic E-state index is 12.5. The van der Waals surface area contributed by atoms with Crippen LogP contribution in [0.15, 0.2) is 41.8 Å². The van der Waals surface area contributed by atoms with Gasteiger partial charge in [0.25, 0.3) is 0 Å². The van der Waals surface area contributed by atoms with Crippen molar-refractivity contribution >= 4 is 34.2 Å². The number of hydrogen-bond acceptors (Lipinski definition) is 5. The molecule has 3 aromatic rings. The summed E-state index contributed by atoms with van der Waals surface area (Å²) in [4.78, 5) is 32.5. The third-order valence-corrected chi connectivity index (χ3v) is 5.64. The van der Waals surface area contributed by atoms with Gasteiger partial charge in [0.05, 0.1) is 24.2 Å². The van der Waals surface area contributed by atoms with Crippen LogP contribution in [0, 0.1) is 0 Å². The number of fused-ring (bicyclic) bond motifs is 1. The molecule has 1 amide bonds. The summed E-state index contributed by atoms with van der Waals surface area (Å²) in [5.74, 6) is 0.593. The molecule has 1 fully saturated rings. The van der Waals surface area contributed by atoms with Crippen LogP contribution in [0.25, 0.3) is 11.0 Å². The minimum absolute atomic E-state index is 0.0284. The highest BCUT2D eigenvalue weighted by Crippen LogP contribution is 2.31. The van der Waals surface area contributed by atoms with Crippen molar-refractivity contribution in [1.82, 2.24) is 14.5 Å². The lowest BCUT2D eigenvalue weighted by Gasteiger charge is -2.16. The summed E-state index contributed by atoms with van der Waals surface area (Å²) in [6.07, 6.45) is 0.414. The molecule has 27 heavy (non-hydrogen) atoms. The Morgan fingerprint density at radius 2 is 2.15 bits per heavy atom. The Hall–Kier alpha value is -2.67. The number of carbonyl (C=O) groups excluding carboxylic acids is 2. The third kappa shape index (κ3) is 3.60. The van der Waals surface area contributed by atoms with Crippen molar-refractivity contribution in [3.63, 3.8) is 0 Å². The third-order valence-electron chi connectivity index (χ3n) is 4.78. The molecule has 1 aromatic carbocycles. The van der Waals surface area contributed by atoms with E-state index in [2.05, 4.69) is 0 Å². The van der Waals surface area contributed by atoms with Crippen LogP contribution in [0.1, 0.15) is 30.0 Å². The number of carbonyl (C=O) groups is 2. The molecule has 0 unspecified atom stereocenters. The molecule has 0 spiro atoms. The molecule has 2 aromatic heterocycles. The average Bonchev–Trinajstić information content (AvgIpc) is 3.36. The standard InChI is InChI=1S/C20H21N3O3S/c1-2-26-19(25)13-23-17-8-4-3-7-16(17)21-20(23)14-10-18(24)22(11-14)12-15-6-5-9-27-15/h3-9,14H,2,10-13H2,1H3/t14-/m0/s1. The number of aromatic nitrogens is 2. The maximum Gasteiger partial charge on any atom is 0.326 e. The van der Waals surface area contributed by atoms with Crippen molar-refractivity contribution in [3.05, 3.63) is 52.5 Å². The number of ether oxygens (including phenoxy) is 1. The van der Waals surface area contributed by atoms with E-state index >= 15 is 0 Å². The Morgan fingerprint density at radius 1 is 1.30 bits per heavy atom. The lowest BCUT2D eigenvalue weighted by Crippen LogP contribution is -2.24. The summed E-state index contributed by atoms with van der Waals surface area (Å²) in [5.41, 5.74) is 1.73. The Labute approximate surface area is 161 Å². The van der Waals surface area contributed by atoms with Gasteiger partial charge >= 0.3 is 5.97 Å². The molecule has 0 radical (unpaired) electrons. The highest BCUT2D eigenvalue weighted by atomic mass is 32.1. The van der Waals surface area contributed by atoms with Crippen LogP contribution >= 0.6 is 11.3 Å². The molecule has 4 rings (SSSR count). The van der Waals surface area contributed by atoms with E-state index in [9.17, 15) is 9.59 Å². The summed E-state index contributed by atoms with van der Waals surface area (Å²) >= 11 is 1.65. The predicted octanol–water partition coefficient (Wildman–Crippen LogP) is 3.18. The number of thiophene rings is 1. The van der Waals surface area contributed by atoms with Gasteiger partial charge in [0.1, 0.15) is 12.4 Å². The van der Waals surface area contributed by atoms with E-state index in [0.29, 0.717) is 26.1 Å². The van der Waals surface area contributed by atoms with Gasteiger partial charge in [-0.05, 0) is 30.5 Å². The van der Waals surface area contributed by atoms with Crippen molar-refractivity contribution in [3.8, 4) is 0 Å². The van der Waals surface area contributed by atoms with Gasteiger partial charge in [0.2, 0.25) is 5.91 Å². The molecule has 1 aliphatic heterocycles. The summed E-state index contributed by atoms with van der Waals surface area (Å²) in [6.45, 7) is 3.49. The fourth-order valence-electron chi connectivity index (χ4n) is 3.60. The second kappa shape index (κ2) is 7.52. The summed E-state index contributed by atoms with van der Waals surface area (Å²) in [7, 11) is 0. The van der Waals surface area contributed by atoms with Crippen molar-refractivity contribution in [2.75, 3.05) is 13.2 Å². The van der Waals surface area contributed by atoms with Gasteiger partial charge in [-0.25, -0.2) is 4.98 Å². The average molecular weight is 383 g/mol. The molecule has 0 bridgehead atoms. The van der Waals surface area contributed by atoms with Gasteiger partial charge in [-0.15, -0.1) is 11.3 Å². The molecule has 1 aliphatic rings. The van der Waals surface area contributed by atoms with Gasteiger partial charge < -0.3 is 14.2 Å². The molecule has 0 N–H and O–H groups in total. The molecule has 1 saturated heterocycles. The zero-order valence-electron chi connectivity index (χ0n) is 15.1. The lowest BCUT2D eigenvalue weighted by molar-refractivity contribution is -0.143. The largest absolute Gasteiger partial charge is 0.465 e. The van der Waals surface area contributed by atoms with Gasteiger partial charge in [-0.1, -0.05) is 18.2 Å². The zero-order valence-corrected chi connectivity index (χ0v) is 15.9. The SMILES string of the molecule is CCOC(=O)Cn1c([C@H]2CC(=O)N(Cc3cccs3)C2)nc2ccccc21. The highest BCUT2D eigenvalue weighted by molar-refractivity contribution is 7.09. The molecular formula is C20H21N3O3S. The van der Waals surface area contributed by atoms with Crippen molar-refractivity contribution < 1.29 is 14.3 Å². The molecule has 0 saturated carbocycles. The van der Waals surface area contributed by atoms with Crippen molar-refractivity contribution in [2.24, 2.45) is 0 Å². The van der Waals surface area contributed by atoms with Crippen molar-refractivity contribution in [2.45, 2.75) is 32.4 Å². The van der Waals surface area contributed by atoms with Gasteiger partial charge in [0.15, 0.2) is 0 Å². The van der Waals surface area contributed by atoms with E-state index in [0.717, 1.165) is 16.9 Å². The highest BCUT2D eigenvalue weighted by Gasteiger charge is 2.34. The normalized spacial score (nSPS) is 17.0. The Bertz CT molecular complexity index is 964. The quantitative estimate of drug-likeness (QED) is 0.613. The van der Waals surface area contributed by atoms with E-state index in [1.165, 1.54) is 4.88 Å². The van der Waals surface area contributed by atoms with Gasteiger partial charge in [-0.3, -0.25) is 9.59 Å². The lowest BCUT2D eigenvalue weighted by atomic mass is 10.1. The van der Waals surface area contributed by atoms with Gasteiger partial charge in [0, 0.05) is 23.8 Å². The number of imidazole rings is 1. The minimum atomic E-state index is -0.290. The number of hydrogen-bond donors (Lipinski definition) is 0. The molecule has 1 atom stereocenters. The molecule has 6 nitrogen and oxygen atoms in total. The van der Waals surface area contributed by atoms with E-state index in [4.69, 9.17) is 9.72 Å². The van der Waals surface area contributed by atoms with Crippen LogP contribution in [0.3, 0.4) is 0 Å². The number of amides is 1. The fourth-order valence-corrected chi connectivity index (χ4v) is 4.32. The number of para-hydroxylation sites is 2. The molecule has 3 heterocycles. The van der Waals surface area contributed by atoms with Crippen LogP contribution in [0.2, 0.25) is 0 Å². The van der Waals surface area contributed by atoms with Crippen LogP contribution < -0.4 is 0 Å². The predicted molar refractivity (Wildman–Crippen MR) is 103 cm³/mol. The first-order chi connectivity index (χ1) is 13.2. The Morgan fingerprint density at radius 3 is 2.93 bits per heavy atom. The zero-order chi connectivity index (χ0) is 18.8. The van der Waals surface area contributed by atoms with E-state index in [1.54, 1.807) is 18.3 Å². The second-order valence-corrected chi connectivity index (χ2v) is 7.64. The molecule has 7 heteroatoms. The Kier molecular flexibility index (Phi) is 4.94. The van der Waals surface area contributed by atoms with E-state index in [1.807, 2.05) is 51.2 Å². The number of benzene rings is 1. The van der Waals surface area contributed by atoms with Crippen molar-refractivity contribution in [1.29, 1.82) is 0 Å². The summed E-state index contributed by atoms with van der Waals surface area (Å²) in [6, 6.07) is 11.8. The smallest absolute Gasteiger partial charge is 0.326 e. The van der Waals surface area contributed by atoms with Crippen LogP contribution in [0.5, 0.6) is 0 Å². The first-order valence-electron chi connectivity index (χ1n) is 9.06. The van der Waals surface area contributed by atoms with Crippen LogP contribution in [0.4, 0.5) is 0 Å². The number of nitrogens with zero attached hydrogens (tertiary/aromatic N) is 3. The molecule has 0 aliphatic carbocycles. The van der Waals surface area contributed by atoms with E-state index < -0.39 is 0 Å². The molecular weight excluding hydrogens is 362 g/mol. The summed E-state index contributed by atoms with van der Waals surface area (Å²) < 4.78 is 7.03. The second-order valence-electron chi connectivity index (χ2n) is 6.60. The first kappa shape index (κ1) is 17.7. The van der Waals surface area contributed by atoms with Crippen LogP contribution in [-0.2, 0) is 27.4 Å². The maximum atomic E-state index is 12.5. The number of esters is 1. The number of rotatable bonds is 6. The monoisotopic (exact) mass is 383 g/mol. The molecule has 140 valence electrons. The summed E-state index contributed by atoms with van der Waals surface area (Å²) in [5, 5.41) is 2.02. The minimum Gasteiger partial charge on any atom is -0.465 e. The topological polar surface area (TPSA) is 64.4 Å². The fraction of sp³-hybridized carbons (Fsp3) is 0.350. The van der Waals surface area contributed by atoms with E-state index in [-0.39, 0.29) is 24.3 Å². The van der Waals surface area contributed by atoms with Crippen LogP contribution in [-0.4, -0.2) is 39.5 Å². The first-order valence-corrected chi connectivity index (χ1v) is 9.94. The van der Waals surface area contributed by atoms with Gasteiger partial charge in [-0.2, -0.15) is 0 Å².